The quantitative estimate of drug-likeness (QED) is 0.841. The molecule has 1 aromatic rings. The summed E-state index contributed by atoms with van der Waals surface area (Å²) in [6.07, 6.45) is 4.10. The lowest BCUT2D eigenvalue weighted by atomic mass is 9.78. The van der Waals surface area contributed by atoms with E-state index in [2.05, 4.69) is 19.2 Å². The van der Waals surface area contributed by atoms with E-state index in [1.165, 1.54) is 20.0 Å². The average molecular weight is 358 g/mol. The van der Waals surface area contributed by atoms with Crippen LogP contribution in [0.3, 0.4) is 0 Å². The van der Waals surface area contributed by atoms with Crippen molar-refractivity contribution in [3.05, 3.63) is 35.4 Å². The Morgan fingerprint density at radius 3 is 2.65 bits per heavy atom. The summed E-state index contributed by atoms with van der Waals surface area (Å²) in [6, 6.07) is 7.84. The van der Waals surface area contributed by atoms with Crippen molar-refractivity contribution in [2.45, 2.75) is 58.2 Å². The number of esters is 1. The normalized spacial score (nSPS) is 28.3. The van der Waals surface area contributed by atoms with Crippen molar-refractivity contribution in [3.8, 4) is 0 Å². The first-order valence-electron chi connectivity index (χ1n) is 9.68. The summed E-state index contributed by atoms with van der Waals surface area (Å²) in [5, 5.41) is 3.46. The van der Waals surface area contributed by atoms with Crippen LogP contribution in [0.5, 0.6) is 0 Å². The second-order valence-electron chi connectivity index (χ2n) is 7.79. The maximum absolute atomic E-state index is 12.9. The highest BCUT2D eigenvalue weighted by Crippen LogP contribution is 2.29. The van der Waals surface area contributed by atoms with Gasteiger partial charge in [-0.2, -0.15) is 0 Å². The molecule has 1 heterocycles. The van der Waals surface area contributed by atoms with E-state index in [9.17, 15) is 9.59 Å². The minimum Gasteiger partial charge on any atom is -0.467 e. The van der Waals surface area contributed by atoms with Crippen LogP contribution in [0.25, 0.3) is 0 Å². The Hall–Kier alpha value is -1.88. The van der Waals surface area contributed by atoms with Crippen LogP contribution >= 0.6 is 0 Å². The molecule has 0 aromatic heterocycles. The SMILES string of the molecule is COC(=O)C1Cc2ccccc2CN1C(=O)CNC1CCCC(C)C1C. The number of ether oxygens (including phenoxy) is 1. The lowest BCUT2D eigenvalue weighted by molar-refractivity contribution is -0.153. The molecule has 2 aliphatic rings. The van der Waals surface area contributed by atoms with Crippen LogP contribution in [0.4, 0.5) is 0 Å². The number of methoxy groups -OCH3 is 1. The molecule has 1 N–H and O–H groups in total. The third kappa shape index (κ3) is 3.93. The molecule has 5 nitrogen and oxygen atoms in total. The highest BCUT2D eigenvalue weighted by molar-refractivity contribution is 5.86. The monoisotopic (exact) mass is 358 g/mol. The summed E-state index contributed by atoms with van der Waals surface area (Å²) in [6.45, 7) is 5.29. The third-order valence-corrected chi connectivity index (χ3v) is 6.26. The van der Waals surface area contributed by atoms with Crippen molar-refractivity contribution in [2.24, 2.45) is 11.8 Å². The molecule has 0 spiro atoms. The lowest BCUT2D eigenvalue weighted by Crippen LogP contribution is -2.53. The largest absolute Gasteiger partial charge is 0.467 e. The Morgan fingerprint density at radius 2 is 1.92 bits per heavy atom. The Morgan fingerprint density at radius 1 is 1.19 bits per heavy atom. The average Bonchev–Trinajstić information content (AvgIpc) is 2.67. The van der Waals surface area contributed by atoms with Gasteiger partial charge in [0.05, 0.1) is 13.7 Å². The van der Waals surface area contributed by atoms with Gasteiger partial charge in [-0.3, -0.25) is 4.79 Å². The molecule has 4 unspecified atom stereocenters. The van der Waals surface area contributed by atoms with Gasteiger partial charge in [-0.1, -0.05) is 51.0 Å². The van der Waals surface area contributed by atoms with Crippen molar-refractivity contribution in [3.63, 3.8) is 0 Å². The molecule has 1 amide bonds. The molecule has 0 radical (unpaired) electrons. The van der Waals surface area contributed by atoms with Crippen LogP contribution in [0.15, 0.2) is 24.3 Å². The van der Waals surface area contributed by atoms with Crippen molar-refractivity contribution in [1.29, 1.82) is 0 Å². The molecular weight excluding hydrogens is 328 g/mol. The van der Waals surface area contributed by atoms with Crippen molar-refractivity contribution in [1.82, 2.24) is 10.2 Å². The van der Waals surface area contributed by atoms with E-state index < -0.39 is 6.04 Å². The second kappa shape index (κ2) is 8.21. The lowest BCUT2D eigenvalue weighted by Gasteiger charge is -2.37. The number of nitrogens with zero attached hydrogens (tertiary/aromatic N) is 1. The molecule has 1 aliphatic heterocycles. The summed E-state index contributed by atoms with van der Waals surface area (Å²) in [7, 11) is 1.38. The van der Waals surface area contributed by atoms with Gasteiger partial charge in [-0.15, -0.1) is 0 Å². The van der Waals surface area contributed by atoms with Crippen LogP contribution in [-0.4, -0.2) is 42.5 Å². The second-order valence-corrected chi connectivity index (χ2v) is 7.79. The number of carbonyl (C=O) groups excluding carboxylic acids is 2. The van der Waals surface area contributed by atoms with E-state index in [-0.39, 0.29) is 18.4 Å². The fourth-order valence-electron chi connectivity index (χ4n) is 4.32. The molecular formula is C21H30N2O3. The van der Waals surface area contributed by atoms with Gasteiger partial charge in [0.15, 0.2) is 0 Å². The first kappa shape index (κ1) is 18.9. The number of hydrogen-bond donors (Lipinski definition) is 1. The van der Waals surface area contributed by atoms with Crippen LogP contribution < -0.4 is 5.32 Å². The van der Waals surface area contributed by atoms with Gasteiger partial charge >= 0.3 is 5.97 Å². The van der Waals surface area contributed by atoms with Crippen LogP contribution in [-0.2, 0) is 27.3 Å². The minimum absolute atomic E-state index is 0.0275. The molecule has 0 saturated heterocycles. The van der Waals surface area contributed by atoms with E-state index >= 15 is 0 Å². The highest BCUT2D eigenvalue weighted by atomic mass is 16.5. The molecule has 1 aromatic carbocycles. The summed E-state index contributed by atoms with van der Waals surface area (Å²) in [5.74, 6) is 0.879. The molecule has 142 valence electrons. The Labute approximate surface area is 156 Å². The molecule has 3 rings (SSSR count). The van der Waals surface area contributed by atoms with Gasteiger partial charge in [0.2, 0.25) is 5.91 Å². The molecule has 26 heavy (non-hydrogen) atoms. The zero-order valence-corrected chi connectivity index (χ0v) is 16.0. The van der Waals surface area contributed by atoms with Gasteiger partial charge in [0.1, 0.15) is 6.04 Å². The molecule has 5 heteroatoms. The van der Waals surface area contributed by atoms with Crippen LogP contribution in [0.2, 0.25) is 0 Å². The standard InChI is InChI=1S/C21H30N2O3/c1-14-7-6-10-18(15(14)2)22-12-20(24)23-13-17-9-5-4-8-16(17)11-19(23)21(25)26-3/h4-5,8-9,14-15,18-19,22H,6-7,10-13H2,1-3H3. The number of carbonyl (C=O) groups is 2. The number of benzene rings is 1. The van der Waals surface area contributed by atoms with Gasteiger partial charge in [0.25, 0.3) is 0 Å². The molecule has 4 atom stereocenters. The first-order valence-corrected chi connectivity index (χ1v) is 9.68. The first-order chi connectivity index (χ1) is 12.5. The molecule has 1 fully saturated rings. The minimum atomic E-state index is -0.535. The smallest absolute Gasteiger partial charge is 0.328 e. The van der Waals surface area contributed by atoms with Gasteiger partial charge in [0, 0.05) is 19.0 Å². The third-order valence-electron chi connectivity index (χ3n) is 6.26. The van der Waals surface area contributed by atoms with Gasteiger partial charge in [-0.25, -0.2) is 4.79 Å². The fraction of sp³-hybridized carbons (Fsp3) is 0.619. The number of amides is 1. The fourth-order valence-corrected chi connectivity index (χ4v) is 4.32. The van der Waals surface area contributed by atoms with Gasteiger partial charge < -0.3 is 15.0 Å². The maximum Gasteiger partial charge on any atom is 0.328 e. The van der Waals surface area contributed by atoms with E-state index in [4.69, 9.17) is 4.74 Å². The summed E-state index contributed by atoms with van der Waals surface area (Å²) >= 11 is 0. The maximum atomic E-state index is 12.9. The van der Waals surface area contributed by atoms with E-state index in [1.807, 2.05) is 24.3 Å². The van der Waals surface area contributed by atoms with Crippen molar-refractivity contribution in [2.75, 3.05) is 13.7 Å². The van der Waals surface area contributed by atoms with Crippen LogP contribution in [0.1, 0.15) is 44.2 Å². The topological polar surface area (TPSA) is 58.6 Å². The summed E-state index contributed by atoms with van der Waals surface area (Å²) < 4.78 is 4.96. The zero-order chi connectivity index (χ0) is 18.7. The van der Waals surface area contributed by atoms with Crippen molar-refractivity contribution >= 4 is 11.9 Å². The molecule has 1 saturated carbocycles. The van der Waals surface area contributed by atoms with Gasteiger partial charge in [-0.05, 0) is 29.4 Å². The number of hydrogen-bond acceptors (Lipinski definition) is 4. The van der Waals surface area contributed by atoms with Crippen molar-refractivity contribution < 1.29 is 14.3 Å². The summed E-state index contributed by atoms with van der Waals surface area (Å²) in [4.78, 5) is 26.9. The summed E-state index contributed by atoms with van der Waals surface area (Å²) in [5.41, 5.74) is 2.23. The number of fused-ring (bicyclic) bond motifs is 1. The van der Waals surface area contributed by atoms with E-state index in [1.54, 1.807) is 4.90 Å². The molecule has 1 aliphatic carbocycles. The number of nitrogens with one attached hydrogen (secondary N) is 1. The predicted octanol–water partition coefficient (Wildman–Crippen LogP) is 2.53. The molecule has 0 bridgehead atoms. The Kier molecular flexibility index (Phi) is 5.97. The predicted molar refractivity (Wildman–Crippen MR) is 100 cm³/mol. The number of rotatable bonds is 4. The Balaban J connectivity index is 1.69. The zero-order valence-electron chi connectivity index (χ0n) is 16.0. The van der Waals surface area contributed by atoms with E-state index in [0.29, 0.717) is 30.8 Å². The van der Waals surface area contributed by atoms with E-state index in [0.717, 1.165) is 17.5 Å². The highest BCUT2D eigenvalue weighted by Gasteiger charge is 2.35. The van der Waals surface area contributed by atoms with Crippen LogP contribution in [0, 0.1) is 11.8 Å². The Bertz CT molecular complexity index is 660.